The first-order chi connectivity index (χ1) is 16.0. The molecular formula is C29H30O5. The zero-order valence-corrected chi connectivity index (χ0v) is 20.1. The Balaban J connectivity index is 1.86. The van der Waals surface area contributed by atoms with Crippen LogP contribution in [0.25, 0.3) is 16.7 Å². The van der Waals surface area contributed by atoms with Gasteiger partial charge in [0.05, 0.1) is 5.60 Å². The van der Waals surface area contributed by atoms with E-state index in [1.54, 1.807) is 39.8 Å². The third-order valence-electron chi connectivity index (χ3n) is 5.40. The molecule has 34 heavy (non-hydrogen) atoms. The highest BCUT2D eigenvalue weighted by Gasteiger charge is 2.23. The van der Waals surface area contributed by atoms with Crippen LogP contribution in [0.2, 0.25) is 0 Å². The number of hydrogen-bond acceptors (Lipinski definition) is 5. The molecule has 1 aliphatic rings. The summed E-state index contributed by atoms with van der Waals surface area (Å²) in [5.74, 6) is -0.446. The zero-order valence-electron chi connectivity index (χ0n) is 20.1. The van der Waals surface area contributed by atoms with Crippen molar-refractivity contribution in [1.82, 2.24) is 0 Å². The number of hydrogen-bond donors (Lipinski definition) is 1. The summed E-state index contributed by atoms with van der Waals surface area (Å²) in [7, 11) is 0. The Hall–Kier alpha value is -3.70. The number of carbonyl (C=O) groups is 2. The first-order valence-electron chi connectivity index (χ1n) is 11.1. The Bertz CT molecular complexity index is 1190. The molecule has 0 bridgehead atoms. The van der Waals surface area contributed by atoms with Gasteiger partial charge in [0.15, 0.2) is 0 Å². The van der Waals surface area contributed by atoms with Crippen LogP contribution in [0, 0.1) is 0 Å². The molecule has 0 aromatic heterocycles. The third-order valence-corrected chi connectivity index (χ3v) is 5.40. The predicted molar refractivity (Wildman–Crippen MR) is 134 cm³/mol. The summed E-state index contributed by atoms with van der Waals surface area (Å²) in [6.07, 6.45) is 6.05. The van der Waals surface area contributed by atoms with E-state index >= 15 is 0 Å². The lowest BCUT2D eigenvalue weighted by atomic mass is 9.86. The number of aliphatic hydroxyl groups is 1. The maximum absolute atomic E-state index is 11.8. The van der Waals surface area contributed by atoms with E-state index in [0.29, 0.717) is 23.3 Å². The molecule has 0 amide bonds. The molecule has 5 heteroatoms. The molecule has 1 aliphatic carbocycles. The minimum atomic E-state index is -1.09. The standard InChI is InChI=1S/C29H30O5/c1-18(2)27(30)33-23-12-7-20(8-13-23)22-11-16-25(26(17-22)29(5,6)32)21-9-14-24(15-10-21)34-28(31)19(3)4/h7-12,14-17,23,32H,1,3,13H2,2,4-6H3. The molecule has 0 saturated carbocycles. The van der Waals surface area contributed by atoms with Crippen molar-refractivity contribution in [2.24, 2.45) is 0 Å². The van der Waals surface area contributed by atoms with E-state index in [1.165, 1.54) is 0 Å². The lowest BCUT2D eigenvalue weighted by Gasteiger charge is -2.24. The van der Waals surface area contributed by atoms with E-state index in [1.807, 2.05) is 48.6 Å². The molecule has 2 aromatic carbocycles. The maximum Gasteiger partial charge on any atom is 0.338 e. The second-order valence-electron chi connectivity index (χ2n) is 8.99. The monoisotopic (exact) mass is 458 g/mol. The van der Waals surface area contributed by atoms with Crippen molar-refractivity contribution < 1.29 is 24.2 Å². The third kappa shape index (κ3) is 6.00. The van der Waals surface area contributed by atoms with Crippen LogP contribution in [0.4, 0.5) is 0 Å². The molecule has 1 atom stereocenters. The van der Waals surface area contributed by atoms with Crippen molar-refractivity contribution >= 4 is 17.5 Å². The van der Waals surface area contributed by atoms with Gasteiger partial charge in [-0.15, -0.1) is 0 Å². The van der Waals surface area contributed by atoms with Gasteiger partial charge in [-0.3, -0.25) is 0 Å². The maximum atomic E-state index is 11.8. The van der Waals surface area contributed by atoms with Gasteiger partial charge in [0, 0.05) is 17.6 Å². The second-order valence-corrected chi connectivity index (χ2v) is 8.99. The molecule has 0 aliphatic heterocycles. The first kappa shape index (κ1) is 24.9. The van der Waals surface area contributed by atoms with E-state index < -0.39 is 17.5 Å². The fraction of sp³-hybridized carbons (Fsp3) is 0.241. The van der Waals surface area contributed by atoms with Gasteiger partial charge in [-0.1, -0.05) is 49.6 Å². The van der Waals surface area contributed by atoms with Crippen LogP contribution in [0.5, 0.6) is 5.75 Å². The first-order valence-corrected chi connectivity index (χ1v) is 11.1. The average Bonchev–Trinajstić information content (AvgIpc) is 2.79. The normalized spacial score (nSPS) is 15.3. The van der Waals surface area contributed by atoms with E-state index in [4.69, 9.17) is 9.47 Å². The van der Waals surface area contributed by atoms with Crippen LogP contribution in [0.3, 0.4) is 0 Å². The van der Waals surface area contributed by atoms with E-state index in [-0.39, 0.29) is 6.10 Å². The molecule has 0 radical (unpaired) electrons. The number of benzene rings is 2. The second kappa shape index (κ2) is 10.1. The van der Waals surface area contributed by atoms with Crippen molar-refractivity contribution in [3.8, 4) is 16.9 Å². The number of rotatable bonds is 7. The molecule has 0 fully saturated rings. The summed E-state index contributed by atoms with van der Waals surface area (Å²) in [6, 6.07) is 13.1. The molecular weight excluding hydrogens is 428 g/mol. The molecule has 1 N–H and O–H groups in total. The molecule has 0 spiro atoms. The number of esters is 2. The van der Waals surface area contributed by atoms with Crippen molar-refractivity contribution in [2.75, 3.05) is 0 Å². The summed E-state index contributed by atoms with van der Waals surface area (Å²) in [5.41, 5.74) is 4.08. The summed E-state index contributed by atoms with van der Waals surface area (Å²) in [6.45, 7) is 13.9. The van der Waals surface area contributed by atoms with Gasteiger partial charge in [-0.05, 0) is 79.8 Å². The number of carbonyl (C=O) groups excluding carboxylic acids is 2. The van der Waals surface area contributed by atoms with Crippen molar-refractivity contribution in [1.29, 1.82) is 0 Å². The van der Waals surface area contributed by atoms with Crippen LogP contribution in [0.1, 0.15) is 45.2 Å². The van der Waals surface area contributed by atoms with E-state index in [9.17, 15) is 14.7 Å². The van der Waals surface area contributed by atoms with Crippen LogP contribution in [0.15, 0.2) is 85.0 Å². The van der Waals surface area contributed by atoms with Gasteiger partial charge in [0.1, 0.15) is 11.9 Å². The SMILES string of the molecule is C=C(C)C(=O)Oc1ccc(-c2ccc(C3=CCC(OC(=O)C(=C)C)C=C3)cc2C(C)(C)O)cc1. The van der Waals surface area contributed by atoms with Gasteiger partial charge in [-0.2, -0.15) is 0 Å². The van der Waals surface area contributed by atoms with Crippen molar-refractivity contribution in [3.05, 3.63) is 96.1 Å². The molecule has 2 aromatic rings. The van der Waals surface area contributed by atoms with Crippen LogP contribution >= 0.6 is 0 Å². The van der Waals surface area contributed by atoms with Gasteiger partial charge >= 0.3 is 11.9 Å². The lowest BCUT2D eigenvalue weighted by molar-refractivity contribution is -0.142. The van der Waals surface area contributed by atoms with Gasteiger partial charge in [0.25, 0.3) is 0 Å². The van der Waals surface area contributed by atoms with Crippen molar-refractivity contribution in [2.45, 2.75) is 45.8 Å². The zero-order chi connectivity index (χ0) is 25.0. The summed E-state index contributed by atoms with van der Waals surface area (Å²) >= 11 is 0. The number of allylic oxidation sites excluding steroid dienone is 2. The Labute approximate surface area is 200 Å². The average molecular weight is 459 g/mol. The Morgan fingerprint density at radius 3 is 2.12 bits per heavy atom. The van der Waals surface area contributed by atoms with Gasteiger partial charge in [-0.25, -0.2) is 9.59 Å². The number of ether oxygens (including phenoxy) is 2. The van der Waals surface area contributed by atoms with Crippen LogP contribution in [-0.2, 0) is 19.9 Å². The smallest absolute Gasteiger partial charge is 0.338 e. The fourth-order valence-corrected chi connectivity index (χ4v) is 3.52. The summed E-state index contributed by atoms with van der Waals surface area (Å²) in [5, 5.41) is 10.9. The highest BCUT2D eigenvalue weighted by Crippen LogP contribution is 2.35. The summed E-state index contributed by atoms with van der Waals surface area (Å²) < 4.78 is 10.7. The van der Waals surface area contributed by atoms with E-state index in [0.717, 1.165) is 27.8 Å². The lowest BCUT2D eigenvalue weighted by Crippen LogP contribution is -2.18. The van der Waals surface area contributed by atoms with E-state index in [2.05, 4.69) is 13.2 Å². The topological polar surface area (TPSA) is 72.8 Å². The molecule has 176 valence electrons. The highest BCUT2D eigenvalue weighted by atomic mass is 16.5. The Morgan fingerprint density at radius 2 is 1.59 bits per heavy atom. The highest BCUT2D eigenvalue weighted by molar-refractivity contribution is 5.89. The van der Waals surface area contributed by atoms with Crippen LogP contribution < -0.4 is 4.74 Å². The molecule has 0 heterocycles. The molecule has 1 unspecified atom stereocenters. The molecule has 5 nitrogen and oxygen atoms in total. The fourth-order valence-electron chi connectivity index (χ4n) is 3.52. The summed E-state index contributed by atoms with van der Waals surface area (Å²) in [4.78, 5) is 23.5. The quantitative estimate of drug-likeness (QED) is 0.318. The Kier molecular flexibility index (Phi) is 7.38. The van der Waals surface area contributed by atoms with Crippen LogP contribution in [-0.4, -0.2) is 23.1 Å². The minimum absolute atomic E-state index is 0.321. The predicted octanol–water partition coefficient (Wildman–Crippen LogP) is 5.89. The van der Waals surface area contributed by atoms with Crippen molar-refractivity contribution in [3.63, 3.8) is 0 Å². The largest absolute Gasteiger partial charge is 0.454 e. The molecule has 3 rings (SSSR count). The van der Waals surface area contributed by atoms with Gasteiger partial charge in [0.2, 0.25) is 0 Å². The Morgan fingerprint density at radius 1 is 0.971 bits per heavy atom. The molecule has 0 saturated heterocycles. The van der Waals surface area contributed by atoms with Gasteiger partial charge < -0.3 is 14.6 Å². The minimum Gasteiger partial charge on any atom is -0.454 e.